The Kier molecular flexibility index (Phi) is 5.49. The molecule has 3 nitrogen and oxygen atoms in total. The summed E-state index contributed by atoms with van der Waals surface area (Å²) in [7, 11) is 0. The number of amides is 1. The van der Waals surface area contributed by atoms with Crippen molar-refractivity contribution < 1.29 is 4.79 Å². The Morgan fingerprint density at radius 1 is 0.893 bits per heavy atom. The van der Waals surface area contributed by atoms with Gasteiger partial charge in [-0.3, -0.25) is 4.79 Å². The van der Waals surface area contributed by atoms with E-state index in [9.17, 15) is 4.79 Å². The van der Waals surface area contributed by atoms with E-state index in [1.807, 2.05) is 72.8 Å². The number of nitrogens with one attached hydrogen (secondary N) is 1. The second kappa shape index (κ2) is 8.36. The summed E-state index contributed by atoms with van der Waals surface area (Å²) in [6.45, 7) is 0.590. The van der Waals surface area contributed by atoms with E-state index in [0.29, 0.717) is 12.1 Å². The number of carbonyl (C=O) groups excluding carboxylic acids is 1. The molecule has 4 rings (SSSR count). The lowest BCUT2D eigenvalue weighted by Gasteiger charge is -2.11. The molecule has 1 amide bonds. The molecule has 4 aromatic rings. The van der Waals surface area contributed by atoms with E-state index in [1.54, 1.807) is 0 Å². The van der Waals surface area contributed by atoms with E-state index in [2.05, 4.69) is 33.4 Å². The van der Waals surface area contributed by atoms with Crippen molar-refractivity contribution in [3.05, 3.63) is 101 Å². The van der Waals surface area contributed by atoms with E-state index in [0.717, 1.165) is 33.1 Å². The lowest BCUT2D eigenvalue weighted by Crippen LogP contribution is -2.26. The highest BCUT2D eigenvalue weighted by molar-refractivity contribution is 9.10. The predicted octanol–water partition coefficient (Wildman–Crippen LogP) is 5.64. The fourth-order valence-corrected chi connectivity index (χ4v) is 3.46. The van der Waals surface area contributed by atoms with Gasteiger partial charge in [-0.05, 0) is 36.2 Å². The van der Waals surface area contributed by atoms with Crippen LogP contribution in [0.4, 0.5) is 0 Å². The van der Waals surface area contributed by atoms with Crippen LogP contribution in [0.1, 0.15) is 15.9 Å². The summed E-state index contributed by atoms with van der Waals surface area (Å²) in [6.07, 6.45) is 0.801. The third kappa shape index (κ3) is 4.12. The number of nitrogens with zero attached hydrogens (tertiary/aromatic N) is 1. The summed E-state index contributed by atoms with van der Waals surface area (Å²) < 4.78 is 1.01. The van der Waals surface area contributed by atoms with Crippen LogP contribution in [0, 0.1) is 0 Å². The highest BCUT2D eigenvalue weighted by atomic mass is 79.9. The molecule has 3 aromatic carbocycles. The molecule has 28 heavy (non-hydrogen) atoms. The fraction of sp³-hybridized carbons (Fsp3) is 0.0833. The van der Waals surface area contributed by atoms with E-state index in [-0.39, 0.29) is 5.91 Å². The number of pyridine rings is 1. The molecular formula is C24H19BrN2O. The van der Waals surface area contributed by atoms with Crippen molar-refractivity contribution in [2.75, 3.05) is 6.54 Å². The van der Waals surface area contributed by atoms with Crippen molar-refractivity contribution in [1.82, 2.24) is 10.3 Å². The Hall–Kier alpha value is -2.98. The van der Waals surface area contributed by atoms with Crippen LogP contribution < -0.4 is 5.32 Å². The third-order valence-electron chi connectivity index (χ3n) is 4.64. The number of hydrogen-bond donors (Lipinski definition) is 1. The lowest BCUT2D eigenvalue weighted by atomic mass is 10.0. The molecule has 138 valence electrons. The molecule has 0 bridgehead atoms. The van der Waals surface area contributed by atoms with Crippen LogP contribution in [0.2, 0.25) is 0 Å². The third-order valence-corrected chi connectivity index (χ3v) is 5.17. The van der Waals surface area contributed by atoms with Gasteiger partial charge in [0.2, 0.25) is 0 Å². The Labute approximate surface area is 172 Å². The van der Waals surface area contributed by atoms with Crippen molar-refractivity contribution in [3.63, 3.8) is 0 Å². The highest BCUT2D eigenvalue weighted by Gasteiger charge is 2.13. The van der Waals surface area contributed by atoms with Gasteiger partial charge in [-0.25, -0.2) is 4.98 Å². The summed E-state index contributed by atoms with van der Waals surface area (Å²) in [6, 6.07) is 27.8. The SMILES string of the molecule is O=C(NCCc1ccccc1)c1cc(-c2ccc(Br)cc2)nc2ccccc12. The van der Waals surface area contributed by atoms with Crippen molar-refractivity contribution in [2.45, 2.75) is 6.42 Å². The van der Waals surface area contributed by atoms with Gasteiger partial charge < -0.3 is 5.32 Å². The molecule has 1 heterocycles. The number of hydrogen-bond acceptors (Lipinski definition) is 2. The van der Waals surface area contributed by atoms with Crippen molar-refractivity contribution in [3.8, 4) is 11.3 Å². The van der Waals surface area contributed by atoms with Gasteiger partial charge in [0.05, 0.1) is 16.8 Å². The first-order valence-electron chi connectivity index (χ1n) is 9.18. The summed E-state index contributed by atoms with van der Waals surface area (Å²) in [5.74, 6) is -0.0760. The normalized spacial score (nSPS) is 10.8. The maximum Gasteiger partial charge on any atom is 0.252 e. The van der Waals surface area contributed by atoms with Gasteiger partial charge in [0, 0.05) is 22.0 Å². The molecule has 0 saturated heterocycles. The molecule has 0 aliphatic heterocycles. The molecule has 0 atom stereocenters. The monoisotopic (exact) mass is 430 g/mol. The van der Waals surface area contributed by atoms with Crippen LogP contribution in [0.25, 0.3) is 22.2 Å². The second-order valence-corrected chi connectivity index (χ2v) is 7.49. The zero-order valence-corrected chi connectivity index (χ0v) is 16.8. The molecule has 4 heteroatoms. The zero-order chi connectivity index (χ0) is 19.3. The number of carbonyl (C=O) groups is 1. The van der Waals surface area contributed by atoms with Crippen LogP contribution >= 0.6 is 15.9 Å². The van der Waals surface area contributed by atoms with E-state index in [4.69, 9.17) is 4.98 Å². The maximum absolute atomic E-state index is 12.9. The fourth-order valence-electron chi connectivity index (χ4n) is 3.19. The minimum absolute atomic E-state index is 0.0760. The summed E-state index contributed by atoms with van der Waals surface area (Å²) in [5.41, 5.74) is 4.44. The average Bonchev–Trinajstić information content (AvgIpc) is 2.74. The maximum atomic E-state index is 12.9. The summed E-state index contributed by atoms with van der Waals surface area (Å²) >= 11 is 3.46. The number of rotatable bonds is 5. The van der Waals surface area contributed by atoms with Gasteiger partial charge in [0.25, 0.3) is 5.91 Å². The molecule has 0 fully saturated rings. The molecule has 1 aromatic heterocycles. The van der Waals surface area contributed by atoms with Crippen LogP contribution in [0.3, 0.4) is 0 Å². The molecule has 0 aliphatic rings. The second-order valence-electron chi connectivity index (χ2n) is 6.57. The minimum Gasteiger partial charge on any atom is -0.352 e. The number of aromatic nitrogens is 1. The van der Waals surface area contributed by atoms with Crippen molar-refractivity contribution >= 4 is 32.7 Å². The Morgan fingerprint density at radius 3 is 2.39 bits per heavy atom. The first kappa shape index (κ1) is 18.4. The lowest BCUT2D eigenvalue weighted by molar-refractivity contribution is 0.0956. The van der Waals surface area contributed by atoms with Gasteiger partial charge in [-0.2, -0.15) is 0 Å². The van der Waals surface area contributed by atoms with Crippen LogP contribution in [0.5, 0.6) is 0 Å². The highest BCUT2D eigenvalue weighted by Crippen LogP contribution is 2.26. The van der Waals surface area contributed by atoms with Crippen LogP contribution in [-0.4, -0.2) is 17.4 Å². The molecule has 0 unspecified atom stereocenters. The van der Waals surface area contributed by atoms with Crippen LogP contribution in [-0.2, 0) is 6.42 Å². The number of para-hydroxylation sites is 1. The molecule has 0 spiro atoms. The summed E-state index contributed by atoms with van der Waals surface area (Å²) in [5, 5.41) is 3.91. The minimum atomic E-state index is -0.0760. The smallest absolute Gasteiger partial charge is 0.252 e. The standard InChI is InChI=1S/C24H19BrN2O/c25-19-12-10-18(11-13-19)23-16-21(20-8-4-5-9-22(20)27-23)24(28)26-15-14-17-6-2-1-3-7-17/h1-13,16H,14-15H2,(H,26,28). The average molecular weight is 431 g/mol. The van der Waals surface area contributed by atoms with Gasteiger partial charge in [0.1, 0.15) is 0 Å². The predicted molar refractivity (Wildman–Crippen MR) is 117 cm³/mol. The van der Waals surface area contributed by atoms with Gasteiger partial charge in [-0.1, -0.05) is 76.6 Å². The van der Waals surface area contributed by atoms with Gasteiger partial charge >= 0.3 is 0 Å². The van der Waals surface area contributed by atoms with E-state index < -0.39 is 0 Å². The number of fused-ring (bicyclic) bond motifs is 1. The Bertz CT molecular complexity index is 1110. The molecule has 0 radical (unpaired) electrons. The largest absolute Gasteiger partial charge is 0.352 e. The number of benzene rings is 3. The van der Waals surface area contributed by atoms with Gasteiger partial charge in [0.15, 0.2) is 0 Å². The van der Waals surface area contributed by atoms with Gasteiger partial charge in [-0.15, -0.1) is 0 Å². The molecule has 1 N–H and O–H groups in total. The van der Waals surface area contributed by atoms with E-state index >= 15 is 0 Å². The van der Waals surface area contributed by atoms with E-state index in [1.165, 1.54) is 5.56 Å². The Balaban J connectivity index is 1.63. The van der Waals surface area contributed by atoms with Crippen molar-refractivity contribution in [2.24, 2.45) is 0 Å². The summed E-state index contributed by atoms with van der Waals surface area (Å²) in [4.78, 5) is 17.7. The molecular weight excluding hydrogens is 412 g/mol. The molecule has 0 saturated carbocycles. The first-order valence-corrected chi connectivity index (χ1v) is 9.98. The first-order chi connectivity index (χ1) is 13.7. The van der Waals surface area contributed by atoms with Crippen LogP contribution in [0.15, 0.2) is 89.4 Å². The quantitative estimate of drug-likeness (QED) is 0.445. The molecule has 0 aliphatic carbocycles. The zero-order valence-electron chi connectivity index (χ0n) is 15.2. The topological polar surface area (TPSA) is 42.0 Å². The Morgan fingerprint density at radius 2 is 1.61 bits per heavy atom. The van der Waals surface area contributed by atoms with Crippen molar-refractivity contribution in [1.29, 1.82) is 0 Å². The number of halogens is 1.